The number of pyridine rings is 1. The Hall–Kier alpha value is -1.25. The fraction of sp³-hybridized carbons (Fsp3) is 0.500. The van der Waals surface area contributed by atoms with E-state index in [0.29, 0.717) is 6.04 Å². The molecule has 3 nitrogen and oxygen atoms in total. The zero-order valence-corrected chi connectivity index (χ0v) is 7.36. The first kappa shape index (κ1) is 7.18. The standard InChI is InChI=1S/C10H11N2O/c1-4-9-10(11-5-1)12-6-2-3-8(12)7-13-9/h1,4,8H,2-3,6-7H2. The maximum atomic E-state index is 5.61. The minimum absolute atomic E-state index is 0.552. The normalized spacial score (nSPS) is 24.9. The van der Waals surface area contributed by atoms with Crippen molar-refractivity contribution in [2.45, 2.75) is 18.9 Å². The summed E-state index contributed by atoms with van der Waals surface area (Å²) in [5, 5.41) is 0. The Morgan fingerprint density at radius 1 is 1.62 bits per heavy atom. The lowest BCUT2D eigenvalue weighted by molar-refractivity contribution is 0.270. The fourth-order valence-corrected chi connectivity index (χ4v) is 2.13. The Morgan fingerprint density at radius 2 is 2.62 bits per heavy atom. The van der Waals surface area contributed by atoms with E-state index in [-0.39, 0.29) is 0 Å². The molecule has 1 aromatic rings. The number of hydrogen-bond donors (Lipinski definition) is 0. The van der Waals surface area contributed by atoms with Crippen molar-refractivity contribution in [3.05, 3.63) is 18.3 Å². The average Bonchev–Trinajstić information content (AvgIpc) is 2.65. The van der Waals surface area contributed by atoms with Crippen molar-refractivity contribution in [1.29, 1.82) is 0 Å². The van der Waals surface area contributed by atoms with Gasteiger partial charge in [-0.15, -0.1) is 0 Å². The summed E-state index contributed by atoms with van der Waals surface area (Å²) in [6.45, 7) is 1.94. The number of ether oxygens (including phenoxy) is 1. The third-order valence-corrected chi connectivity index (χ3v) is 2.78. The molecule has 3 heteroatoms. The van der Waals surface area contributed by atoms with Gasteiger partial charge in [0.2, 0.25) is 0 Å². The second-order valence-electron chi connectivity index (χ2n) is 3.56. The molecular formula is C10H11N2O. The number of rotatable bonds is 0. The van der Waals surface area contributed by atoms with E-state index >= 15 is 0 Å². The molecule has 0 aromatic carbocycles. The number of nitrogens with zero attached hydrogens (tertiary/aromatic N) is 2. The largest absolute Gasteiger partial charge is 0.488 e. The van der Waals surface area contributed by atoms with E-state index in [0.717, 1.165) is 24.7 Å². The van der Waals surface area contributed by atoms with Crippen LogP contribution in [0.3, 0.4) is 0 Å². The SMILES string of the molecule is [c]1ccc2c(n1)N1CCCC1CO2. The smallest absolute Gasteiger partial charge is 0.172 e. The minimum atomic E-state index is 0.552. The Bertz CT molecular complexity index is 326. The number of anilines is 1. The predicted octanol–water partition coefficient (Wildman–Crippen LogP) is 1.24. The van der Waals surface area contributed by atoms with E-state index < -0.39 is 0 Å². The van der Waals surface area contributed by atoms with E-state index in [1.807, 2.05) is 6.07 Å². The summed E-state index contributed by atoms with van der Waals surface area (Å²) in [5.74, 6) is 1.90. The second-order valence-corrected chi connectivity index (χ2v) is 3.56. The van der Waals surface area contributed by atoms with Crippen LogP contribution in [-0.2, 0) is 0 Å². The van der Waals surface area contributed by atoms with Crippen molar-refractivity contribution >= 4 is 5.82 Å². The summed E-state index contributed by atoms with van der Waals surface area (Å²) in [4.78, 5) is 6.58. The Morgan fingerprint density at radius 3 is 3.62 bits per heavy atom. The van der Waals surface area contributed by atoms with Crippen LogP contribution in [0.15, 0.2) is 12.1 Å². The van der Waals surface area contributed by atoms with Crippen molar-refractivity contribution in [3.8, 4) is 5.75 Å². The molecule has 1 atom stereocenters. The van der Waals surface area contributed by atoms with Crippen LogP contribution in [0.1, 0.15) is 12.8 Å². The first-order valence-corrected chi connectivity index (χ1v) is 4.72. The quantitative estimate of drug-likeness (QED) is 0.593. The maximum Gasteiger partial charge on any atom is 0.172 e. The van der Waals surface area contributed by atoms with Crippen LogP contribution in [0.2, 0.25) is 0 Å². The van der Waals surface area contributed by atoms with E-state index in [4.69, 9.17) is 4.74 Å². The zero-order chi connectivity index (χ0) is 8.67. The molecule has 0 N–H and O–H groups in total. The molecule has 0 saturated carbocycles. The first-order valence-electron chi connectivity index (χ1n) is 4.72. The van der Waals surface area contributed by atoms with Gasteiger partial charge in [0.25, 0.3) is 0 Å². The minimum Gasteiger partial charge on any atom is -0.488 e. The van der Waals surface area contributed by atoms with E-state index in [1.165, 1.54) is 12.8 Å². The van der Waals surface area contributed by atoms with Gasteiger partial charge in [0.1, 0.15) is 6.61 Å². The van der Waals surface area contributed by atoms with Gasteiger partial charge in [-0.1, -0.05) is 0 Å². The molecule has 0 amide bonds. The molecule has 13 heavy (non-hydrogen) atoms. The van der Waals surface area contributed by atoms with Crippen molar-refractivity contribution in [2.24, 2.45) is 0 Å². The number of fused-ring (bicyclic) bond motifs is 3. The van der Waals surface area contributed by atoms with Crippen LogP contribution in [0.25, 0.3) is 0 Å². The topological polar surface area (TPSA) is 25.4 Å². The van der Waals surface area contributed by atoms with Crippen LogP contribution >= 0.6 is 0 Å². The van der Waals surface area contributed by atoms with Gasteiger partial charge in [0, 0.05) is 6.54 Å². The molecule has 2 aliphatic heterocycles. The number of aromatic nitrogens is 1. The van der Waals surface area contributed by atoms with Gasteiger partial charge in [0.05, 0.1) is 12.2 Å². The van der Waals surface area contributed by atoms with E-state index in [9.17, 15) is 0 Å². The number of hydrogen-bond acceptors (Lipinski definition) is 3. The van der Waals surface area contributed by atoms with Crippen LogP contribution in [-0.4, -0.2) is 24.2 Å². The summed E-state index contributed by atoms with van der Waals surface area (Å²) >= 11 is 0. The highest BCUT2D eigenvalue weighted by Gasteiger charge is 2.31. The van der Waals surface area contributed by atoms with Gasteiger partial charge in [0.15, 0.2) is 11.6 Å². The van der Waals surface area contributed by atoms with Crippen molar-refractivity contribution in [2.75, 3.05) is 18.1 Å². The van der Waals surface area contributed by atoms with Crippen LogP contribution in [0, 0.1) is 6.20 Å². The summed E-state index contributed by atoms with van der Waals surface area (Å²) in [5.41, 5.74) is 0. The molecule has 0 spiro atoms. The average molecular weight is 175 g/mol. The Labute approximate surface area is 77.3 Å². The van der Waals surface area contributed by atoms with Gasteiger partial charge in [-0.2, -0.15) is 0 Å². The van der Waals surface area contributed by atoms with Crippen LogP contribution in [0.4, 0.5) is 5.82 Å². The molecule has 1 saturated heterocycles. The van der Waals surface area contributed by atoms with Gasteiger partial charge in [-0.25, -0.2) is 4.98 Å². The molecule has 1 aromatic heterocycles. The zero-order valence-electron chi connectivity index (χ0n) is 7.36. The summed E-state index contributed by atoms with van der Waals surface area (Å²) < 4.78 is 5.61. The predicted molar refractivity (Wildman–Crippen MR) is 48.9 cm³/mol. The van der Waals surface area contributed by atoms with E-state index in [2.05, 4.69) is 16.1 Å². The van der Waals surface area contributed by atoms with Gasteiger partial charge < -0.3 is 9.64 Å². The fourth-order valence-electron chi connectivity index (χ4n) is 2.13. The van der Waals surface area contributed by atoms with Crippen molar-refractivity contribution < 1.29 is 4.74 Å². The van der Waals surface area contributed by atoms with Gasteiger partial charge in [-0.3, -0.25) is 0 Å². The second kappa shape index (κ2) is 2.62. The van der Waals surface area contributed by atoms with Gasteiger partial charge >= 0.3 is 0 Å². The lowest BCUT2D eigenvalue weighted by atomic mass is 10.2. The van der Waals surface area contributed by atoms with Crippen LogP contribution in [0.5, 0.6) is 5.75 Å². The van der Waals surface area contributed by atoms with Crippen LogP contribution < -0.4 is 9.64 Å². The molecule has 67 valence electrons. The molecule has 0 aliphatic carbocycles. The van der Waals surface area contributed by atoms with Gasteiger partial charge in [-0.05, 0) is 25.0 Å². The lowest BCUT2D eigenvalue weighted by Gasteiger charge is -2.31. The Balaban J connectivity index is 2.06. The molecular weight excluding hydrogens is 164 g/mol. The van der Waals surface area contributed by atoms with E-state index in [1.54, 1.807) is 6.07 Å². The molecule has 2 aliphatic rings. The molecule has 1 fully saturated rings. The maximum absolute atomic E-state index is 5.61. The molecule has 1 radical (unpaired) electrons. The Kier molecular flexibility index (Phi) is 1.45. The van der Waals surface area contributed by atoms with Crippen molar-refractivity contribution in [1.82, 2.24) is 4.98 Å². The highest BCUT2D eigenvalue weighted by Crippen LogP contribution is 2.35. The molecule has 3 heterocycles. The van der Waals surface area contributed by atoms with Crippen molar-refractivity contribution in [3.63, 3.8) is 0 Å². The molecule has 3 rings (SSSR count). The summed E-state index contributed by atoms with van der Waals surface area (Å²) in [7, 11) is 0. The highest BCUT2D eigenvalue weighted by molar-refractivity contribution is 5.55. The summed E-state index contributed by atoms with van der Waals surface area (Å²) in [6.07, 6.45) is 5.35. The lowest BCUT2D eigenvalue weighted by Crippen LogP contribution is -2.38. The first-order chi connectivity index (χ1) is 6.45. The molecule has 1 unspecified atom stereocenters. The third kappa shape index (κ3) is 0.996. The molecule has 0 bridgehead atoms. The monoisotopic (exact) mass is 175 g/mol. The highest BCUT2D eigenvalue weighted by atomic mass is 16.5. The summed E-state index contributed by atoms with van der Waals surface area (Å²) in [6, 6.07) is 4.29. The third-order valence-electron chi connectivity index (χ3n) is 2.78.